The first-order valence-corrected chi connectivity index (χ1v) is 11.5. The number of benzene rings is 1. The van der Waals surface area contributed by atoms with E-state index in [4.69, 9.17) is 4.74 Å². The van der Waals surface area contributed by atoms with Gasteiger partial charge in [0.05, 0.1) is 5.69 Å². The highest BCUT2D eigenvalue weighted by atomic mass is 16.6. The lowest BCUT2D eigenvalue weighted by atomic mass is 9.72. The van der Waals surface area contributed by atoms with Gasteiger partial charge in [-0.2, -0.15) is 0 Å². The number of ether oxygens (including phenoxy) is 1. The van der Waals surface area contributed by atoms with Crippen LogP contribution in [0.1, 0.15) is 83.3 Å². The Morgan fingerprint density at radius 1 is 1.22 bits per heavy atom. The number of fused-ring (bicyclic) bond motifs is 1. The molecule has 0 saturated heterocycles. The molecule has 0 bridgehead atoms. The van der Waals surface area contributed by atoms with Crippen molar-refractivity contribution in [3.8, 4) is 11.5 Å². The molecule has 0 spiro atoms. The fourth-order valence-electron chi connectivity index (χ4n) is 5.09. The predicted octanol–water partition coefficient (Wildman–Crippen LogP) is 5.73. The van der Waals surface area contributed by atoms with Crippen LogP contribution < -0.4 is 4.90 Å². The van der Waals surface area contributed by atoms with E-state index in [0.29, 0.717) is 36.2 Å². The zero-order valence-corrected chi connectivity index (χ0v) is 19.9. The number of carbonyl (C=O) groups excluding carboxylic acids is 1. The summed E-state index contributed by atoms with van der Waals surface area (Å²) in [5.74, 6) is -0.284. The molecule has 6 nitrogen and oxygen atoms in total. The first kappa shape index (κ1) is 24.2. The molecule has 1 aromatic carbocycles. The standard InChI is InChI=1S/C26H37NO5/c1-15(2)18-8-7-16(3)13-19(18)23-21(30)14-20(29)22-17(10-12-28)9-11-27(24(22)23)25(31)32-26(4,5)6/h13-14,17-19,28-30H,1,7-12H2,2-6H3/t17-,18-,19+/m0/s1. The molecule has 1 aliphatic carbocycles. The summed E-state index contributed by atoms with van der Waals surface area (Å²) in [5, 5.41) is 31.6. The summed E-state index contributed by atoms with van der Waals surface area (Å²) in [5.41, 5.74) is 3.30. The van der Waals surface area contributed by atoms with E-state index in [1.807, 2.05) is 27.7 Å². The molecular formula is C26H37NO5. The molecule has 1 aliphatic heterocycles. The molecule has 0 radical (unpaired) electrons. The summed E-state index contributed by atoms with van der Waals surface area (Å²) < 4.78 is 5.69. The molecule has 32 heavy (non-hydrogen) atoms. The molecule has 1 aromatic rings. The van der Waals surface area contributed by atoms with Crippen molar-refractivity contribution >= 4 is 11.8 Å². The molecule has 0 fully saturated rings. The number of anilines is 1. The number of amides is 1. The van der Waals surface area contributed by atoms with Crippen LogP contribution in [0.5, 0.6) is 11.5 Å². The van der Waals surface area contributed by atoms with Crippen LogP contribution in [-0.2, 0) is 4.74 Å². The lowest BCUT2D eigenvalue weighted by molar-refractivity contribution is 0.0575. The van der Waals surface area contributed by atoms with E-state index in [-0.39, 0.29) is 35.9 Å². The quantitative estimate of drug-likeness (QED) is 0.518. The van der Waals surface area contributed by atoms with Gasteiger partial charge in [-0.15, -0.1) is 0 Å². The average molecular weight is 444 g/mol. The number of rotatable bonds is 4. The number of carbonyl (C=O) groups is 1. The predicted molar refractivity (Wildman–Crippen MR) is 126 cm³/mol. The van der Waals surface area contributed by atoms with E-state index in [2.05, 4.69) is 19.6 Å². The molecular weight excluding hydrogens is 406 g/mol. The first-order valence-electron chi connectivity index (χ1n) is 11.5. The van der Waals surface area contributed by atoms with Crippen molar-refractivity contribution in [2.75, 3.05) is 18.1 Å². The highest BCUT2D eigenvalue weighted by molar-refractivity contribution is 5.93. The normalized spacial score (nSPS) is 23.4. The van der Waals surface area contributed by atoms with Crippen LogP contribution in [0.3, 0.4) is 0 Å². The van der Waals surface area contributed by atoms with E-state index >= 15 is 0 Å². The summed E-state index contributed by atoms with van der Waals surface area (Å²) in [4.78, 5) is 14.8. The van der Waals surface area contributed by atoms with Gasteiger partial charge in [-0.25, -0.2) is 4.79 Å². The minimum atomic E-state index is -0.681. The van der Waals surface area contributed by atoms with E-state index in [0.717, 1.165) is 18.4 Å². The number of phenols is 2. The third-order valence-electron chi connectivity index (χ3n) is 6.52. The Hall–Kier alpha value is -2.47. The fourth-order valence-corrected chi connectivity index (χ4v) is 5.09. The Balaban J connectivity index is 2.27. The molecule has 176 valence electrons. The van der Waals surface area contributed by atoms with Crippen LogP contribution in [0.4, 0.5) is 10.5 Å². The molecule has 6 heteroatoms. The second-order valence-corrected chi connectivity index (χ2v) is 10.3. The molecule has 2 aliphatic rings. The summed E-state index contributed by atoms with van der Waals surface area (Å²) in [6.45, 7) is 14.1. The van der Waals surface area contributed by atoms with Gasteiger partial charge in [0.2, 0.25) is 0 Å². The number of aliphatic hydroxyl groups excluding tert-OH is 1. The SMILES string of the molecule is C=C(C)[C@@H]1CCC(C)=C[C@H]1c1c(O)cc(O)c2c1N(C(=O)OC(C)(C)C)CC[C@H]2CCO. The Labute approximate surface area is 191 Å². The van der Waals surface area contributed by atoms with Gasteiger partial charge in [0.25, 0.3) is 0 Å². The van der Waals surface area contributed by atoms with Gasteiger partial charge in [-0.05, 0) is 72.1 Å². The smallest absolute Gasteiger partial charge is 0.414 e. The number of allylic oxidation sites excluding steroid dienone is 3. The highest BCUT2D eigenvalue weighted by Crippen LogP contribution is 2.53. The van der Waals surface area contributed by atoms with Crippen LogP contribution in [0.15, 0.2) is 29.9 Å². The van der Waals surface area contributed by atoms with Gasteiger partial charge < -0.3 is 20.1 Å². The third kappa shape index (κ3) is 4.80. The van der Waals surface area contributed by atoms with Crippen LogP contribution in [0.25, 0.3) is 0 Å². The average Bonchev–Trinajstić information content (AvgIpc) is 2.66. The van der Waals surface area contributed by atoms with Crippen molar-refractivity contribution < 1.29 is 24.9 Å². The number of hydrogen-bond acceptors (Lipinski definition) is 5. The Morgan fingerprint density at radius 2 is 1.88 bits per heavy atom. The summed E-state index contributed by atoms with van der Waals surface area (Å²) in [7, 11) is 0. The number of hydrogen-bond donors (Lipinski definition) is 3. The van der Waals surface area contributed by atoms with Gasteiger partial charge in [-0.3, -0.25) is 4.90 Å². The molecule has 0 unspecified atom stereocenters. The maximum atomic E-state index is 13.2. The third-order valence-corrected chi connectivity index (χ3v) is 6.52. The minimum absolute atomic E-state index is 0.0248. The summed E-state index contributed by atoms with van der Waals surface area (Å²) in [6.07, 6.45) is 4.57. The van der Waals surface area contributed by atoms with Crippen molar-refractivity contribution in [3.63, 3.8) is 0 Å². The van der Waals surface area contributed by atoms with Crippen molar-refractivity contribution in [1.82, 2.24) is 0 Å². The highest BCUT2D eigenvalue weighted by Gasteiger charge is 2.40. The molecule has 1 heterocycles. The van der Waals surface area contributed by atoms with Crippen molar-refractivity contribution in [1.29, 1.82) is 0 Å². The maximum Gasteiger partial charge on any atom is 0.414 e. The fraction of sp³-hybridized carbons (Fsp3) is 0.577. The van der Waals surface area contributed by atoms with Crippen LogP contribution >= 0.6 is 0 Å². The van der Waals surface area contributed by atoms with Crippen LogP contribution in [0.2, 0.25) is 0 Å². The van der Waals surface area contributed by atoms with Crippen molar-refractivity contribution in [2.24, 2.45) is 5.92 Å². The van der Waals surface area contributed by atoms with Gasteiger partial charge in [-0.1, -0.05) is 23.8 Å². The van der Waals surface area contributed by atoms with Crippen LogP contribution in [0, 0.1) is 5.92 Å². The zero-order valence-electron chi connectivity index (χ0n) is 19.9. The molecule has 3 atom stereocenters. The lowest BCUT2D eigenvalue weighted by Crippen LogP contribution is -2.41. The van der Waals surface area contributed by atoms with E-state index in [1.165, 1.54) is 11.6 Å². The molecule has 3 N–H and O–H groups in total. The Morgan fingerprint density at radius 3 is 2.47 bits per heavy atom. The second kappa shape index (κ2) is 9.18. The summed E-state index contributed by atoms with van der Waals surface area (Å²) >= 11 is 0. The van der Waals surface area contributed by atoms with Gasteiger partial charge in [0.1, 0.15) is 17.1 Å². The van der Waals surface area contributed by atoms with Gasteiger partial charge in [0.15, 0.2) is 0 Å². The molecule has 1 amide bonds. The number of nitrogens with zero attached hydrogens (tertiary/aromatic N) is 1. The van der Waals surface area contributed by atoms with Crippen molar-refractivity contribution in [2.45, 2.75) is 77.7 Å². The lowest BCUT2D eigenvalue weighted by Gasteiger charge is -2.40. The van der Waals surface area contributed by atoms with E-state index in [1.54, 1.807) is 4.90 Å². The first-order chi connectivity index (χ1) is 14.9. The monoisotopic (exact) mass is 443 g/mol. The van der Waals surface area contributed by atoms with E-state index in [9.17, 15) is 20.1 Å². The number of aromatic hydroxyl groups is 2. The van der Waals surface area contributed by atoms with Crippen LogP contribution in [-0.4, -0.2) is 40.2 Å². The number of phenolic OH excluding ortho intramolecular Hbond substituents is 2. The van der Waals surface area contributed by atoms with Gasteiger partial charge in [0, 0.05) is 36.3 Å². The van der Waals surface area contributed by atoms with Gasteiger partial charge >= 0.3 is 6.09 Å². The van der Waals surface area contributed by atoms with E-state index < -0.39 is 11.7 Å². The second-order valence-electron chi connectivity index (χ2n) is 10.3. The number of aliphatic hydroxyl groups is 1. The zero-order chi connectivity index (χ0) is 23.8. The topological polar surface area (TPSA) is 90.2 Å². The largest absolute Gasteiger partial charge is 0.507 e. The van der Waals surface area contributed by atoms with Crippen molar-refractivity contribution in [3.05, 3.63) is 41.0 Å². The molecule has 0 saturated carbocycles. The summed E-state index contributed by atoms with van der Waals surface area (Å²) in [6, 6.07) is 1.38. The molecule has 0 aromatic heterocycles. The minimum Gasteiger partial charge on any atom is -0.507 e. The molecule has 3 rings (SSSR count). The Kier molecular flexibility index (Phi) is 6.94. The Bertz CT molecular complexity index is 927. The maximum absolute atomic E-state index is 13.2.